The molecule has 0 saturated heterocycles. The van der Waals surface area contributed by atoms with Gasteiger partial charge in [-0.05, 0) is 31.0 Å². The Morgan fingerprint density at radius 3 is 2.71 bits per heavy atom. The molecule has 0 spiro atoms. The highest BCUT2D eigenvalue weighted by Crippen LogP contribution is 2.26. The highest BCUT2D eigenvalue weighted by atomic mass is 16.5. The summed E-state index contributed by atoms with van der Waals surface area (Å²) in [6, 6.07) is 5.29. The lowest BCUT2D eigenvalue weighted by molar-refractivity contribution is 0.0586. The maximum Gasteiger partial charge on any atom is 0.256 e. The number of aliphatic hydroxyl groups excluding tert-OH is 1. The molecule has 5 heteroatoms. The molecule has 0 bridgehead atoms. The summed E-state index contributed by atoms with van der Waals surface area (Å²) in [6.07, 6.45) is 5.48. The van der Waals surface area contributed by atoms with Crippen molar-refractivity contribution in [1.29, 1.82) is 0 Å². The fraction of sp³-hybridized carbons (Fsp3) is 0.562. The molecular weight excluding hydrogens is 268 g/mol. The van der Waals surface area contributed by atoms with E-state index < -0.39 is 0 Å². The summed E-state index contributed by atoms with van der Waals surface area (Å²) in [5.41, 5.74) is 6.84. The molecule has 1 fully saturated rings. The molecule has 0 radical (unpaired) electrons. The van der Waals surface area contributed by atoms with Crippen LogP contribution in [0.15, 0.2) is 18.2 Å². The van der Waals surface area contributed by atoms with Crippen molar-refractivity contribution in [2.24, 2.45) is 0 Å². The van der Waals surface area contributed by atoms with Crippen LogP contribution in [-0.2, 0) is 0 Å². The lowest BCUT2D eigenvalue weighted by Gasteiger charge is -2.34. The number of amides is 1. The Kier molecular flexibility index (Phi) is 5.44. The number of nitrogen functional groups attached to an aromatic ring is 1. The molecule has 0 aromatic heterocycles. The van der Waals surface area contributed by atoms with Crippen LogP contribution < -0.4 is 10.5 Å². The van der Waals surface area contributed by atoms with Gasteiger partial charge in [0.2, 0.25) is 0 Å². The van der Waals surface area contributed by atoms with E-state index in [2.05, 4.69) is 0 Å². The van der Waals surface area contributed by atoms with Crippen molar-refractivity contribution in [3.63, 3.8) is 0 Å². The molecule has 3 N–H and O–H groups in total. The predicted octanol–water partition coefficient (Wildman–Crippen LogP) is 2.04. The number of hydrogen-bond donors (Lipinski definition) is 2. The van der Waals surface area contributed by atoms with Gasteiger partial charge in [0.05, 0.1) is 19.3 Å². The van der Waals surface area contributed by atoms with Gasteiger partial charge in [-0.3, -0.25) is 4.79 Å². The first kappa shape index (κ1) is 15.6. The van der Waals surface area contributed by atoms with E-state index in [9.17, 15) is 9.90 Å². The number of nitrogens with zero attached hydrogens (tertiary/aromatic N) is 1. The SMILES string of the molecule is COc1ccc(N)c(C(=O)N(CCO)C2CCCCC2)c1. The average Bonchev–Trinajstić information content (AvgIpc) is 2.53. The van der Waals surface area contributed by atoms with Crippen LogP contribution >= 0.6 is 0 Å². The van der Waals surface area contributed by atoms with Crippen LogP contribution in [0.25, 0.3) is 0 Å². The molecule has 1 aliphatic rings. The second kappa shape index (κ2) is 7.31. The third-order valence-electron chi connectivity index (χ3n) is 4.11. The summed E-state index contributed by atoms with van der Waals surface area (Å²) < 4.78 is 5.17. The van der Waals surface area contributed by atoms with Gasteiger partial charge in [0.1, 0.15) is 5.75 Å². The molecular formula is C16H24N2O3. The maximum absolute atomic E-state index is 12.8. The molecule has 1 aliphatic carbocycles. The van der Waals surface area contributed by atoms with Gasteiger partial charge in [-0.25, -0.2) is 0 Å². The first-order valence-electron chi connectivity index (χ1n) is 7.52. The first-order valence-corrected chi connectivity index (χ1v) is 7.52. The number of hydrogen-bond acceptors (Lipinski definition) is 4. The van der Waals surface area contributed by atoms with E-state index in [0.717, 1.165) is 25.7 Å². The Morgan fingerprint density at radius 1 is 1.38 bits per heavy atom. The second-order valence-electron chi connectivity index (χ2n) is 5.47. The van der Waals surface area contributed by atoms with Gasteiger partial charge in [0.25, 0.3) is 5.91 Å². The number of methoxy groups -OCH3 is 1. The quantitative estimate of drug-likeness (QED) is 0.814. The van der Waals surface area contributed by atoms with Crippen molar-refractivity contribution in [3.05, 3.63) is 23.8 Å². The normalized spacial score (nSPS) is 15.7. The Bertz CT molecular complexity index is 484. The van der Waals surface area contributed by atoms with Gasteiger partial charge < -0.3 is 20.5 Å². The van der Waals surface area contributed by atoms with Crippen molar-refractivity contribution < 1.29 is 14.6 Å². The van der Waals surface area contributed by atoms with Gasteiger partial charge in [0.15, 0.2) is 0 Å². The predicted molar refractivity (Wildman–Crippen MR) is 82.4 cm³/mol. The zero-order valence-corrected chi connectivity index (χ0v) is 12.5. The summed E-state index contributed by atoms with van der Waals surface area (Å²) in [5, 5.41) is 9.28. The molecule has 0 heterocycles. The van der Waals surface area contributed by atoms with Crippen LogP contribution in [0, 0.1) is 0 Å². The monoisotopic (exact) mass is 292 g/mol. The molecule has 0 atom stereocenters. The molecule has 2 rings (SSSR count). The van der Waals surface area contributed by atoms with Gasteiger partial charge in [0, 0.05) is 18.3 Å². The topological polar surface area (TPSA) is 75.8 Å². The Morgan fingerprint density at radius 2 is 2.10 bits per heavy atom. The highest BCUT2D eigenvalue weighted by Gasteiger charge is 2.27. The van der Waals surface area contributed by atoms with Gasteiger partial charge in [-0.15, -0.1) is 0 Å². The number of benzene rings is 1. The molecule has 1 saturated carbocycles. The second-order valence-corrected chi connectivity index (χ2v) is 5.47. The molecule has 1 aromatic rings. The Hall–Kier alpha value is -1.75. The van der Waals surface area contributed by atoms with Gasteiger partial charge in [-0.2, -0.15) is 0 Å². The average molecular weight is 292 g/mol. The third-order valence-corrected chi connectivity index (χ3v) is 4.11. The number of ether oxygens (including phenoxy) is 1. The van der Waals surface area contributed by atoms with E-state index >= 15 is 0 Å². The maximum atomic E-state index is 12.8. The van der Waals surface area contributed by atoms with E-state index in [1.807, 2.05) is 0 Å². The van der Waals surface area contributed by atoms with Crippen LogP contribution in [0.3, 0.4) is 0 Å². The molecule has 5 nitrogen and oxygen atoms in total. The lowest BCUT2D eigenvalue weighted by Crippen LogP contribution is -2.43. The van der Waals surface area contributed by atoms with Gasteiger partial charge >= 0.3 is 0 Å². The van der Waals surface area contributed by atoms with Crippen molar-refractivity contribution in [2.75, 3.05) is 26.0 Å². The zero-order valence-electron chi connectivity index (χ0n) is 12.5. The van der Waals surface area contributed by atoms with E-state index in [1.165, 1.54) is 6.42 Å². The van der Waals surface area contributed by atoms with Gasteiger partial charge in [-0.1, -0.05) is 19.3 Å². The Balaban J connectivity index is 2.24. The lowest BCUT2D eigenvalue weighted by atomic mass is 9.93. The highest BCUT2D eigenvalue weighted by molar-refractivity contribution is 5.99. The molecule has 21 heavy (non-hydrogen) atoms. The van der Waals surface area contributed by atoms with Crippen molar-refractivity contribution >= 4 is 11.6 Å². The number of rotatable bonds is 5. The molecule has 0 aliphatic heterocycles. The zero-order chi connectivity index (χ0) is 15.2. The van der Waals surface area contributed by atoms with E-state index in [-0.39, 0.29) is 18.6 Å². The molecule has 116 valence electrons. The van der Waals surface area contributed by atoms with Crippen LogP contribution in [0.1, 0.15) is 42.5 Å². The summed E-state index contributed by atoms with van der Waals surface area (Å²) in [6.45, 7) is 0.312. The van der Waals surface area contributed by atoms with Crippen LogP contribution in [0.4, 0.5) is 5.69 Å². The summed E-state index contributed by atoms with van der Waals surface area (Å²) in [7, 11) is 1.56. The summed E-state index contributed by atoms with van der Waals surface area (Å²) in [5.74, 6) is 0.493. The number of anilines is 1. The van der Waals surface area contributed by atoms with Crippen molar-refractivity contribution in [3.8, 4) is 5.75 Å². The number of nitrogens with two attached hydrogens (primary N) is 1. The number of carbonyl (C=O) groups is 1. The number of carbonyl (C=O) groups excluding carboxylic acids is 1. The van der Waals surface area contributed by atoms with E-state index in [1.54, 1.807) is 30.2 Å². The third kappa shape index (κ3) is 3.67. The number of aliphatic hydroxyl groups is 1. The fourth-order valence-electron chi connectivity index (χ4n) is 2.95. The molecule has 1 amide bonds. The van der Waals surface area contributed by atoms with Crippen LogP contribution in [0.2, 0.25) is 0 Å². The smallest absolute Gasteiger partial charge is 0.256 e. The molecule has 0 unspecified atom stereocenters. The summed E-state index contributed by atoms with van der Waals surface area (Å²) >= 11 is 0. The van der Waals surface area contributed by atoms with Crippen LogP contribution in [0.5, 0.6) is 5.75 Å². The standard InChI is InChI=1S/C16H24N2O3/c1-21-13-7-8-15(17)14(11-13)16(20)18(9-10-19)12-5-3-2-4-6-12/h7-8,11-12,19H,2-6,9-10,17H2,1H3. The minimum Gasteiger partial charge on any atom is -0.497 e. The summed E-state index contributed by atoms with van der Waals surface area (Å²) in [4.78, 5) is 14.6. The van der Waals surface area contributed by atoms with E-state index in [4.69, 9.17) is 10.5 Å². The Labute approximate surface area is 125 Å². The first-order chi connectivity index (χ1) is 10.2. The van der Waals surface area contributed by atoms with Crippen LogP contribution in [-0.4, -0.2) is 42.2 Å². The van der Waals surface area contributed by atoms with E-state index in [0.29, 0.717) is 23.5 Å². The minimum absolute atomic E-state index is 0.0356. The van der Waals surface area contributed by atoms with Crippen molar-refractivity contribution in [1.82, 2.24) is 4.90 Å². The minimum atomic E-state index is -0.118. The molecule has 1 aromatic carbocycles. The van der Waals surface area contributed by atoms with Crippen molar-refractivity contribution in [2.45, 2.75) is 38.1 Å². The largest absolute Gasteiger partial charge is 0.497 e. The fourth-order valence-corrected chi connectivity index (χ4v) is 2.95.